The summed E-state index contributed by atoms with van der Waals surface area (Å²) in [4.78, 5) is 19.2. The Labute approximate surface area is 290 Å². The average molecular weight is 639 g/mol. The van der Waals surface area contributed by atoms with Crippen LogP contribution >= 0.6 is 0 Å². The fraction of sp³-hybridized carbons (Fsp3) is 0. The highest BCUT2D eigenvalue weighted by Crippen LogP contribution is 2.45. The first-order valence-electron chi connectivity index (χ1n) is 16.7. The van der Waals surface area contributed by atoms with Gasteiger partial charge >= 0.3 is 0 Å². The van der Waals surface area contributed by atoms with Crippen LogP contribution in [0, 0.1) is 0 Å². The number of pyridine rings is 1. The van der Waals surface area contributed by atoms with E-state index in [-0.39, 0.29) is 0 Å². The minimum atomic E-state index is 0.635. The Morgan fingerprint density at radius 2 is 0.700 bits per heavy atom. The summed E-state index contributed by atoms with van der Waals surface area (Å²) in [5, 5.41) is 4.86. The van der Waals surface area contributed by atoms with Crippen molar-refractivity contribution in [3.63, 3.8) is 0 Å². The van der Waals surface area contributed by atoms with Crippen molar-refractivity contribution in [2.75, 3.05) is 0 Å². The lowest BCUT2D eigenvalue weighted by Gasteiger charge is -2.19. The molecule has 0 saturated heterocycles. The Morgan fingerprint density at radius 1 is 0.260 bits per heavy atom. The second-order valence-electron chi connectivity index (χ2n) is 12.3. The molecule has 234 valence electrons. The molecule has 0 bridgehead atoms. The third-order valence-corrected chi connectivity index (χ3v) is 9.21. The molecule has 4 nitrogen and oxygen atoms in total. The molecular weight excluding hydrogens is 609 g/mol. The summed E-state index contributed by atoms with van der Waals surface area (Å²) >= 11 is 0. The van der Waals surface area contributed by atoms with Gasteiger partial charge in [-0.3, -0.25) is 4.98 Å². The van der Waals surface area contributed by atoms with E-state index in [2.05, 4.69) is 114 Å². The summed E-state index contributed by atoms with van der Waals surface area (Å²) in [6, 6.07) is 59.2. The van der Waals surface area contributed by atoms with Crippen molar-refractivity contribution in [3.8, 4) is 67.5 Å². The van der Waals surface area contributed by atoms with Crippen LogP contribution in [-0.4, -0.2) is 19.9 Å². The Hall–Kier alpha value is -6.78. The van der Waals surface area contributed by atoms with Crippen LogP contribution in [0.3, 0.4) is 0 Å². The van der Waals surface area contributed by atoms with E-state index in [1.165, 1.54) is 38.2 Å². The number of rotatable bonds is 6. The fourth-order valence-corrected chi connectivity index (χ4v) is 6.87. The molecule has 0 aliphatic rings. The second kappa shape index (κ2) is 12.7. The summed E-state index contributed by atoms with van der Waals surface area (Å²) in [7, 11) is 0. The lowest BCUT2D eigenvalue weighted by Crippen LogP contribution is -2.00. The molecule has 0 spiro atoms. The maximum absolute atomic E-state index is 4.99. The number of benzene rings is 7. The van der Waals surface area contributed by atoms with Crippen LogP contribution in [0.2, 0.25) is 0 Å². The van der Waals surface area contributed by atoms with E-state index in [1.807, 2.05) is 73.1 Å². The molecule has 0 aliphatic carbocycles. The van der Waals surface area contributed by atoms with Crippen LogP contribution in [0.1, 0.15) is 0 Å². The van der Waals surface area contributed by atoms with Gasteiger partial charge in [0.15, 0.2) is 17.5 Å². The van der Waals surface area contributed by atoms with E-state index < -0.39 is 0 Å². The number of hydrogen-bond acceptors (Lipinski definition) is 4. The highest BCUT2D eigenvalue weighted by Gasteiger charge is 2.19. The van der Waals surface area contributed by atoms with E-state index in [4.69, 9.17) is 15.0 Å². The molecule has 9 aromatic rings. The minimum Gasteiger partial charge on any atom is -0.265 e. The molecule has 7 aromatic carbocycles. The van der Waals surface area contributed by atoms with E-state index >= 15 is 0 Å². The molecule has 0 N–H and O–H groups in total. The van der Waals surface area contributed by atoms with Gasteiger partial charge in [0.2, 0.25) is 0 Å². The Balaban J connectivity index is 1.25. The zero-order valence-corrected chi connectivity index (χ0v) is 27.1. The van der Waals surface area contributed by atoms with Crippen molar-refractivity contribution in [2.45, 2.75) is 0 Å². The lowest BCUT2D eigenvalue weighted by atomic mass is 9.84. The molecule has 0 unspecified atom stereocenters. The first kappa shape index (κ1) is 29.4. The van der Waals surface area contributed by atoms with Gasteiger partial charge in [0.25, 0.3) is 0 Å². The first-order chi connectivity index (χ1) is 24.8. The third kappa shape index (κ3) is 5.39. The van der Waals surface area contributed by atoms with Gasteiger partial charge in [0.1, 0.15) is 0 Å². The molecular formula is C46H30N4. The van der Waals surface area contributed by atoms with Crippen molar-refractivity contribution < 1.29 is 0 Å². The molecule has 0 fully saturated rings. The van der Waals surface area contributed by atoms with Crippen LogP contribution in [0.4, 0.5) is 0 Å². The lowest BCUT2D eigenvalue weighted by molar-refractivity contribution is 1.07. The van der Waals surface area contributed by atoms with Gasteiger partial charge in [-0.1, -0.05) is 146 Å². The van der Waals surface area contributed by atoms with Crippen LogP contribution in [0.15, 0.2) is 182 Å². The van der Waals surface area contributed by atoms with Crippen molar-refractivity contribution in [1.29, 1.82) is 0 Å². The predicted molar refractivity (Wildman–Crippen MR) is 205 cm³/mol. The standard InChI is InChI=1S/C46H30N4/c1-4-13-31(14-5-1)43-41-30-36(23-24-39(41)38-21-10-11-22-40(38)42(43)32-25-27-47-28-26-32)35-19-12-20-37(29-35)46-49-44(33-15-6-2-7-16-33)48-45(50-46)34-17-8-3-9-18-34/h1-30H. The molecule has 0 amide bonds. The Bertz CT molecular complexity index is 2560. The van der Waals surface area contributed by atoms with Crippen LogP contribution < -0.4 is 0 Å². The number of nitrogens with zero attached hydrogens (tertiary/aromatic N) is 4. The predicted octanol–water partition coefficient (Wildman–Crippen LogP) is 11.6. The van der Waals surface area contributed by atoms with Gasteiger partial charge in [-0.2, -0.15) is 0 Å². The number of fused-ring (bicyclic) bond motifs is 3. The van der Waals surface area contributed by atoms with Crippen LogP contribution in [-0.2, 0) is 0 Å². The molecule has 0 radical (unpaired) electrons. The topological polar surface area (TPSA) is 51.6 Å². The molecule has 9 rings (SSSR count). The van der Waals surface area contributed by atoms with Gasteiger partial charge in [0, 0.05) is 29.1 Å². The highest BCUT2D eigenvalue weighted by molar-refractivity contribution is 6.22. The van der Waals surface area contributed by atoms with E-state index in [0.29, 0.717) is 17.5 Å². The molecule has 50 heavy (non-hydrogen) atoms. The van der Waals surface area contributed by atoms with E-state index in [1.54, 1.807) is 0 Å². The van der Waals surface area contributed by atoms with Gasteiger partial charge in [-0.15, -0.1) is 0 Å². The molecule has 0 saturated carbocycles. The monoisotopic (exact) mass is 638 g/mol. The van der Waals surface area contributed by atoms with Crippen molar-refractivity contribution >= 4 is 21.5 Å². The maximum atomic E-state index is 4.99. The number of aromatic nitrogens is 4. The smallest absolute Gasteiger partial charge is 0.164 e. The van der Waals surface area contributed by atoms with Crippen molar-refractivity contribution in [3.05, 3.63) is 182 Å². The Morgan fingerprint density at radius 3 is 1.34 bits per heavy atom. The third-order valence-electron chi connectivity index (χ3n) is 9.21. The molecule has 4 heteroatoms. The van der Waals surface area contributed by atoms with Gasteiger partial charge in [-0.05, 0) is 79.2 Å². The fourth-order valence-electron chi connectivity index (χ4n) is 6.87. The van der Waals surface area contributed by atoms with Crippen LogP contribution in [0.25, 0.3) is 89.1 Å². The number of hydrogen-bond donors (Lipinski definition) is 0. The summed E-state index contributed by atoms with van der Waals surface area (Å²) in [5.41, 5.74) is 9.77. The largest absolute Gasteiger partial charge is 0.265 e. The SMILES string of the molecule is c1ccc(-c2nc(-c3ccccc3)nc(-c3cccc(-c4ccc5c(c4)c(-c4ccccc4)c(-c4ccncc4)c4ccccc45)c3)n2)cc1. The normalized spacial score (nSPS) is 11.2. The van der Waals surface area contributed by atoms with Crippen LogP contribution in [0.5, 0.6) is 0 Å². The van der Waals surface area contributed by atoms with E-state index in [0.717, 1.165) is 33.4 Å². The zero-order valence-electron chi connectivity index (χ0n) is 27.1. The first-order valence-corrected chi connectivity index (χ1v) is 16.7. The summed E-state index contributed by atoms with van der Waals surface area (Å²) in [5.74, 6) is 1.93. The molecule has 2 heterocycles. The minimum absolute atomic E-state index is 0.635. The second-order valence-corrected chi connectivity index (χ2v) is 12.3. The molecule has 2 aromatic heterocycles. The summed E-state index contributed by atoms with van der Waals surface area (Å²) in [6.07, 6.45) is 3.75. The van der Waals surface area contributed by atoms with E-state index in [9.17, 15) is 0 Å². The van der Waals surface area contributed by atoms with Gasteiger partial charge < -0.3 is 0 Å². The highest BCUT2D eigenvalue weighted by atomic mass is 15.0. The average Bonchev–Trinajstić information content (AvgIpc) is 3.21. The van der Waals surface area contributed by atoms with Gasteiger partial charge in [0.05, 0.1) is 0 Å². The maximum Gasteiger partial charge on any atom is 0.164 e. The molecule has 0 atom stereocenters. The quantitative estimate of drug-likeness (QED) is 0.170. The Kier molecular flexibility index (Phi) is 7.45. The molecule has 0 aliphatic heterocycles. The van der Waals surface area contributed by atoms with Gasteiger partial charge in [-0.25, -0.2) is 15.0 Å². The zero-order chi connectivity index (χ0) is 33.3. The van der Waals surface area contributed by atoms with Crippen molar-refractivity contribution in [2.24, 2.45) is 0 Å². The summed E-state index contributed by atoms with van der Waals surface area (Å²) in [6.45, 7) is 0. The van der Waals surface area contributed by atoms with Crippen molar-refractivity contribution in [1.82, 2.24) is 19.9 Å². The summed E-state index contributed by atoms with van der Waals surface area (Å²) < 4.78 is 0.